The Morgan fingerprint density at radius 1 is 1.39 bits per heavy atom. The molecular formula is C15H20N2O. The van der Waals surface area contributed by atoms with Gasteiger partial charge in [-0.3, -0.25) is 0 Å². The molecule has 0 amide bonds. The zero-order valence-corrected chi connectivity index (χ0v) is 11.3. The Labute approximate surface area is 109 Å². The maximum atomic E-state index is 5.81. The van der Waals surface area contributed by atoms with Crippen LogP contribution >= 0.6 is 0 Å². The number of nitrogens with one attached hydrogen (secondary N) is 1. The molecule has 0 bridgehead atoms. The van der Waals surface area contributed by atoms with Gasteiger partial charge < -0.3 is 10.1 Å². The van der Waals surface area contributed by atoms with E-state index in [2.05, 4.69) is 42.9 Å². The summed E-state index contributed by atoms with van der Waals surface area (Å²) in [5.74, 6) is 6.94. The molecule has 2 heterocycles. The van der Waals surface area contributed by atoms with Gasteiger partial charge in [0.05, 0.1) is 0 Å². The van der Waals surface area contributed by atoms with Crippen LogP contribution in [0.5, 0.6) is 5.88 Å². The molecular weight excluding hydrogens is 224 g/mol. The van der Waals surface area contributed by atoms with Gasteiger partial charge in [-0.2, -0.15) is 0 Å². The second-order valence-electron chi connectivity index (χ2n) is 5.59. The van der Waals surface area contributed by atoms with Crippen LogP contribution < -0.4 is 10.1 Å². The molecule has 2 rings (SSSR count). The summed E-state index contributed by atoms with van der Waals surface area (Å²) in [6.07, 6.45) is 1.28. The molecule has 1 aliphatic heterocycles. The second kappa shape index (κ2) is 5.41. The summed E-state index contributed by atoms with van der Waals surface area (Å²) in [6.45, 7) is 8.19. The minimum atomic E-state index is -0.00604. The maximum absolute atomic E-state index is 5.81. The van der Waals surface area contributed by atoms with Gasteiger partial charge in [-0.1, -0.05) is 12.0 Å². The maximum Gasteiger partial charge on any atom is 0.214 e. The molecule has 1 aromatic heterocycles. The molecule has 96 valence electrons. The first-order valence-electron chi connectivity index (χ1n) is 6.40. The SMILES string of the molecule is CC(C)(C)C#Cc1cccc(OC2CCNC2)n1. The fourth-order valence-electron chi connectivity index (χ4n) is 1.70. The summed E-state index contributed by atoms with van der Waals surface area (Å²) in [4.78, 5) is 4.42. The van der Waals surface area contributed by atoms with Crippen molar-refractivity contribution >= 4 is 0 Å². The lowest BCUT2D eigenvalue weighted by atomic mass is 9.98. The summed E-state index contributed by atoms with van der Waals surface area (Å²) in [5, 5.41) is 3.27. The lowest BCUT2D eigenvalue weighted by Gasteiger charge is -2.11. The van der Waals surface area contributed by atoms with Gasteiger partial charge in [-0.25, -0.2) is 4.98 Å². The van der Waals surface area contributed by atoms with Crippen LogP contribution in [0.3, 0.4) is 0 Å². The van der Waals surface area contributed by atoms with E-state index in [4.69, 9.17) is 4.74 Å². The number of pyridine rings is 1. The minimum absolute atomic E-state index is 0.00604. The van der Waals surface area contributed by atoms with Gasteiger partial charge in [-0.15, -0.1) is 0 Å². The van der Waals surface area contributed by atoms with Crippen molar-refractivity contribution in [3.8, 4) is 17.7 Å². The highest BCUT2D eigenvalue weighted by molar-refractivity contribution is 5.31. The van der Waals surface area contributed by atoms with Crippen LogP contribution in [0.2, 0.25) is 0 Å². The number of nitrogens with zero attached hydrogens (tertiary/aromatic N) is 1. The Morgan fingerprint density at radius 2 is 2.22 bits per heavy atom. The number of hydrogen-bond donors (Lipinski definition) is 1. The molecule has 1 aromatic rings. The summed E-state index contributed by atoms with van der Waals surface area (Å²) < 4.78 is 5.81. The summed E-state index contributed by atoms with van der Waals surface area (Å²) >= 11 is 0. The van der Waals surface area contributed by atoms with E-state index in [1.807, 2.05) is 18.2 Å². The van der Waals surface area contributed by atoms with Crippen LogP contribution in [-0.2, 0) is 0 Å². The van der Waals surface area contributed by atoms with Crippen molar-refractivity contribution < 1.29 is 4.74 Å². The van der Waals surface area contributed by atoms with Crippen molar-refractivity contribution in [1.29, 1.82) is 0 Å². The van der Waals surface area contributed by atoms with Crippen molar-refractivity contribution in [1.82, 2.24) is 10.3 Å². The molecule has 1 saturated heterocycles. The van der Waals surface area contributed by atoms with Crippen molar-refractivity contribution in [2.24, 2.45) is 5.41 Å². The van der Waals surface area contributed by atoms with Gasteiger partial charge in [0, 0.05) is 18.0 Å². The third-order valence-electron chi connectivity index (χ3n) is 2.59. The zero-order chi connectivity index (χ0) is 13.0. The number of ether oxygens (including phenoxy) is 1. The Balaban J connectivity index is 2.06. The van der Waals surface area contributed by atoms with Crippen LogP contribution in [0.25, 0.3) is 0 Å². The van der Waals surface area contributed by atoms with Crippen LogP contribution in [0.4, 0.5) is 0 Å². The van der Waals surface area contributed by atoms with E-state index in [9.17, 15) is 0 Å². The Morgan fingerprint density at radius 3 is 2.89 bits per heavy atom. The number of hydrogen-bond acceptors (Lipinski definition) is 3. The lowest BCUT2D eigenvalue weighted by Crippen LogP contribution is -2.20. The molecule has 0 radical (unpaired) electrons. The highest BCUT2D eigenvalue weighted by Crippen LogP contribution is 2.14. The minimum Gasteiger partial charge on any atom is -0.473 e. The molecule has 0 spiro atoms. The number of rotatable bonds is 2. The first kappa shape index (κ1) is 12.9. The fraction of sp³-hybridized carbons (Fsp3) is 0.533. The number of aromatic nitrogens is 1. The molecule has 1 unspecified atom stereocenters. The smallest absolute Gasteiger partial charge is 0.214 e. The van der Waals surface area contributed by atoms with Gasteiger partial charge in [0.25, 0.3) is 0 Å². The topological polar surface area (TPSA) is 34.1 Å². The molecule has 1 fully saturated rings. The van der Waals surface area contributed by atoms with E-state index < -0.39 is 0 Å². The first-order valence-corrected chi connectivity index (χ1v) is 6.40. The van der Waals surface area contributed by atoms with E-state index in [1.165, 1.54) is 0 Å². The largest absolute Gasteiger partial charge is 0.473 e. The molecule has 1 atom stereocenters. The molecule has 1 aliphatic rings. The first-order chi connectivity index (χ1) is 8.53. The van der Waals surface area contributed by atoms with Crippen molar-refractivity contribution in [2.75, 3.05) is 13.1 Å². The highest BCUT2D eigenvalue weighted by Gasteiger charge is 2.16. The van der Waals surface area contributed by atoms with E-state index in [-0.39, 0.29) is 11.5 Å². The molecule has 0 aromatic carbocycles. The summed E-state index contributed by atoms with van der Waals surface area (Å²) in [7, 11) is 0. The summed E-state index contributed by atoms with van der Waals surface area (Å²) in [5.41, 5.74) is 0.766. The third kappa shape index (κ3) is 4.05. The van der Waals surface area contributed by atoms with Crippen LogP contribution in [0, 0.1) is 17.3 Å². The van der Waals surface area contributed by atoms with Gasteiger partial charge in [0.1, 0.15) is 11.8 Å². The van der Waals surface area contributed by atoms with E-state index in [0.717, 1.165) is 25.2 Å². The molecule has 0 saturated carbocycles. The predicted molar refractivity (Wildman–Crippen MR) is 72.5 cm³/mol. The second-order valence-corrected chi connectivity index (χ2v) is 5.59. The highest BCUT2D eigenvalue weighted by atomic mass is 16.5. The molecule has 3 heteroatoms. The Bertz CT molecular complexity index is 459. The zero-order valence-electron chi connectivity index (χ0n) is 11.3. The Hall–Kier alpha value is -1.53. The average molecular weight is 244 g/mol. The van der Waals surface area contributed by atoms with Gasteiger partial charge in [0.2, 0.25) is 5.88 Å². The fourth-order valence-corrected chi connectivity index (χ4v) is 1.70. The monoisotopic (exact) mass is 244 g/mol. The molecule has 18 heavy (non-hydrogen) atoms. The van der Waals surface area contributed by atoms with Crippen molar-refractivity contribution in [2.45, 2.75) is 33.3 Å². The summed E-state index contributed by atoms with van der Waals surface area (Å²) in [6, 6.07) is 5.75. The van der Waals surface area contributed by atoms with Crippen molar-refractivity contribution in [3.05, 3.63) is 23.9 Å². The van der Waals surface area contributed by atoms with Gasteiger partial charge in [-0.05, 0) is 45.7 Å². The van der Waals surface area contributed by atoms with Crippen LogP contribution in [-0.4, -0.2) is 24.2 Å². The predicted octanol–water partition coefficient (Wildman–Crippen LogP) is 2.22. The van der Waals surface area contributed by atoms with E-state index in [1.54, 1.807) is 0 Å². The average Bonchev–Trinajstić information content (AvgIpc) is 2.79. The van der Waals surface area contributed by atoms with E-state index in [0.29, 0.717) is 5.88 Å². The van der Waals surface area contributed by atoms with E-state index >= 15 is 0 Å². The quantitative estimate of drug-likeness (QED) is 0.810. The van der Waals surface area contributed by atoms with Gasteiger partial charge in [0.15, 0.2) is 0 Å². The molecule has 3 nitrogen and oxygen atoms in total. The van der Waals surface area contributed by atoms with Crippen LogP contribution in [0.15, 0.2) is 18.2 Å². The van der Waals surface area contributed by atoms with Crippen LogP contribution in [0.1, 0.15) is 32.9 Å². The lowest BCUT2D eigenvalue weighted by molar-refractivity contribution is 0.214. The molecule has 1 N–H and O–H groups in total. The normalized spacial score (nSPS) is 19.2. The standard InChI is InChI=1S/C15H20N2O/c1-15(2,3)9-7-12-5-4-6-14(17-12)18-13-8-10-16-11-13/h4-6,13,16H,8,10-11H2,1-3H3. The third-order valence-corrected chi connectivity index (χ3v) is 2.59. The molecule has 0 aliphatic carbocycles. The van der Waals surface area contributed by atoms with Crippen molar-refractivity contribution in [3.63, 3.8) is 0 Å². The Kier molecular flexibility index (Phi) is 3.88. The van der Waals surface area contributed by atoms with Gasteiger partial charge >= 0.3 is 0 Å².